The summed E-state index contributed by atoms with van der Waals surface area (Å²) in [6.07, 6.45) is 3.62. The molecule has 0 rings (SSSR count). The van der Waals surface area contributed by atoms with Crippen molar-refractivity contribution in [1.82, 2.24) is 0 Å². The second-order valence-electron chi connectivity index (χ2n) is 3.77. The zero-order valence-electron chi connectivity index (χ0n) is 9.29. The lowest BCUT2D eigenvalue weighted by molar-refractivity contribution is -0.146. The fraction of sp³-hybridized carbons (Fsp3) is 0.636. The first-order chi connectivity index (χ1) is 6.44. The minimum atomic E-state index is -0.465. The maximum absolute atomic E-state index is 11.5. The number of Topliss-reactive ketones (excluding diaryl/α,β-unsaturated/α-hetero) is 1. The summed E-state index contributed by atoms with van der Waals surface area (Å²) in [6.45, 7) is 7.21. The molecule has 0 saturated heterocycles. The summed E-state index contributed by atoms with van der Waals surface area (Å²) in [6, 6.07) is 0. The van der Waals surface area contributed by atoms with Crippen LogP contribution in [-0.4, -0.2) is 18.4 Å². The van der Waals surface area contributed by atoms with Gasteiger partial charge in [0.1, 0.15) is 0 Å². The van der Waals surface area contributed by atoms with Gasteiger partial charge in [0.2, 0.25) is 0 Å². The number of rotatable bonds is 5. The van der Waals surface area contributed by atoms with Crippen molar-refractivity contribution in [3.63, 3.8) is 0 Å². The summed E-state index contributed by atoms with van der Waals surface area (Å²) >= 11 is 0. The van der Waals surface area contributed by atoms with Gasteiger partial charge in [-0.3, -0.25) is 4.79 Å². The average Bonchev–Trinajstić information content (AvgIpc) is 2.14. The number of hydrogen-bond acceptors (Lipinski definition) is 3. The van der Waals surface area contributed by atoms with Crippen LogP contribution in [-0.2, 0) is 14.3 Å². The van der Waals surface area contributed by atoms with E-state index >= 15 is 0 Å². The summed E-state index contributed by atoms with van der Waals surface area (Å²) in [5, 5.41) is 0. The quantitative estimate of drug-likeness (QED) is 0.502. The van der Waals surface area contributed by atoms with Crippen molar-refractivity contribution >= 4 is 11.8 Å². The van der Waals surface area contributed by atoms with Crippen LogP contribution in [0.25, 0.3) is 0 Å². The molecule has 0 unspecified atom stereocenters. The normalized spacial score (nSPS) is 11.7. The first-order valence-corrected chi connectivity index (χ1v) is 4.76. The van der Waals surface area contributed by atoms with Gasteiger partial charge in [-0.1, -0.05) is 26.8 Å². The zero-order chi connectivity index (χ0) is 11.2. The number of allylic oxidation sites excluding steroid dienone is 1. The maximum atomic E-state index is 11.5. The minimum Gasteiger partial charge on any atom is -0.455 e. The summed E-state index contributed by atoms with van der Waals surface area (Å²) in [5.74, 6) is -0.509. The van der Waals surface area contributed by atoms with Crippen LogP contribution in [0.2, 0.25) is 0 Å². The van der Waals surface area contributed by atoms with Gasteiger partial charge in [-0.05, 0) is 13.3 Å². The van der Waals surface area contributed by atoms with Crippen LogP contribution >= 0.6 is 0 Å². The first-order valence-electron chi connectivity index (χ1n) is 4.76. The van der Waals surface area contributed by atoms with Gasteiger partial charge in [0.15, 0.2) is 12.4 Å². The Bertz CT molecular complexity index is 239. The van der Waals surface area contributed by atoms with E-state index in [0.717, 1.165) is 6.42 Å². The van der Waals surface area contributed by atoms with Gasteiger partial charge in [0.25, 0.3) is 0 Å². The topological polar surface area (TPSA) is 43.4 Å². The van der Waals surface area contributed by atoms with E-state index in [2.05, 4.69) is 0 Å². The molecule has 3 heteroatoms. The van der Waals surface area contributed by atoms with Crippen LogP contribution in [0.3, 0.4) is 0 Å². The third-order valence-electron chi connectivity index (χ3n) is 2.29. The molecule has 0 aliphatic carbocycles. The van der Waals surface area contributed by atoms with Crippen LogP contribution < -0.4 is 0 Å². The highest BCUT2D eigenvalue weighted by Gasteiger charge is 2.25. The van der Waals surface area contributed by atoms with Crippen LogP contribution in [0, 0.1) is 5.41 Å². The molecule has 0 atom stereocenters. The standard InChI is InChI=1S/C11H18O3/c1-5-7-10(13)14-8-9(12)11(3,4)6-2/h5,7H,6,8H2,1-4H3/b7-5+. The van der Waals surface area contributed by atoms with E-state index in [1.165, 1.54) is 6.08 Å². The van der Waals surface area contributed by atoms with Gasteiger partial charge in [0, 0.05) is 11.5 Å². The maximum Gasteiger partial charge on any atom is 0.330 e. The Morgan fingerprint density at radius 1 is 1.36 bits per heavy atom. The minimum absolute atomic E-state index is 0.0437. The molecule has 0 spiro atoms. The molecular weight excluding hydrogens is 180 g/mol. The number of hydrogen-bond donors (Lipinski definition) is 0. The third-order valence-corrected chi connectivity index (χ3v) is 2.29. The Hall–Kier alpha value is -1.12. The van der Waals surface area contributed by atoms with E-state index in [1.807, 2.05) is 20.8 Å². The van der Waals surface area contributed by atoms with Crippen molar-refractivity contribution in [1.29, 1.82) is 0 Å². The SMILES string of the molecule is C/C=C/C(=O)OCC(=O)C(C)(C)CC. The molecule has 0 amide bonds. The van der Waals surface area contributed by atoms with Crippen molar-refractivity contribution in [3.05, 3.63) is 12.2 Å². The van der Waals surface area contributed by atoms with Crippen LogP contribution in [0.1, 0.15) is 34.1 Å². The number of esters is 1. The van der Waals surface area contributed by atoms with E-state index < -0.39 is 11.4 Å². The number of ketones is 1. The van der Waals surface area contributed by atoms with Crippen LogP contribution in [0.4, 0.5) is 0 Å². The zero-order valence-corrected chi connectivity index (χ0v) is 9.29. The molecule has 0 bridgehead atoms. The molecule has 0 heterocycles. The van der Waals surface area contributed by atoms with Gasteiger partial charge in [-0.15, -0.1) is 0 Å². The molecule has 0 fully saturated rings. The predicted molar refractivity (Wildman–Crippen MR) is 54.9 cm³/mol. The molecule has 3 nitrogen and oxygen atoms in total. The Morgan fingerprint density at radius 3 is 2.36 bits per heavy atom. The molecule has 0 aliphatic heterocycles. The largest absolute Gasteiger partial charge is 0.455 e. The van der Waals surface area contributed by atoms with Crippen molar-refractivity contribution in [2.45, 2.75) is 34.1 Å². The second-order valence-corrected chi connectivity index (χ2v) is 3.77. The number of ether oxygens (including phenoxy) is 1. The molecule has 0 aromatic heterocycles. The highest BCUT2D eigenvalue weighted by Crippen LogP contribution is 2.20. The van der Waals surface area contributed by atoms with Crippen molar-refractivity contribution in [2.24, 2.45) is 5.41 Å². The number of carbonyl (C=O) groups excluding carboxylic acids is 2. The highest BCUT2D eigenvalue weighted by atomic mass is 16.5. The third kappa shape index (κ3) is 4.21. The van der Waals surface area contributed by atoms with Crippen LogP contribution in [0.15, 0.2) is 12.2 Å². The average molecular weight is 198 g/mol. The second kappa shape index (κ2) is 5.58. The van der Waals surface area contributed by atoms with Gasteiger partial charge < -0.3 is 4.74 Å². The predicted octanol–water partition coefficient (Wildman–Crippen LogP) is 2.11. The summed E-state index contributed by atoms with van der Waals surface area (Å²) in [4.78, 5) is 22.4. The van der Waals surface area contributed by atoms with Gasteiger partial charge >= 0.3 is 5.97 Å². The monoisotopic (exact) mass is 198 g/mol. The molecule has 0 N–H and O–H groups in total. The van der Waals surface area contributed by atoms with E-state index in [1.54, 1.807) is 13.0 Å². The van der Waals surface area contributed by atoms with Crippen LogP contribution in [0.5, 0.6) is 0 Å². The van der Waals surface area contributed by atoms with Crippen molar-refractivity contribution < 1.29 is 14.3 Å². The van der Waals surface area contributed by atoms with E-state index in [0.29, 0.717) is 0 Å². The lowest BCUT2D eigenvalue weighted by Crippen LogP contribution is -2.28. The summed E-state index contributed by atoms with van der Waals surface area (Å²) in [5.41, 5.74) is -0.407. The molecule has 0 aliphatic rings. The molecule has 14 heavy (non-hydrogen) atoms. The Kier molecular flexibility index (Phi) is 5.13. The fourth-order valence-electron chi connectivity index (χ4n) is 0.713. The summed E-state index contributed by atoms with van der Waals surface area (Å²) < 4.78 is 4.76. The van der Waals surface area contributed by atoms with E-state index in [9.17, 15) is 9.59 Å². The summed E-state index contributed by atoms with van der Waals surface area (Å²) in [7, 11) is 0. The van der Waals surface area contributed by atoms with Gasteiger partial charge in [-0.25, -0.2) is 4.79 Å². The highest BCUT2D eigenvalue weighted by molar-refractivity contribution is 5.89. The molecule has 0 aromatic rings. The fourth-order valence-corrected chi connectivity index (χ4v) is 0.713. The lowest BCUT2D eigenvalue weighted by atomic mass is 9.86. The molecule has 0 aromatic carbocycles. The molecule has 0 radical (unpaired) electrons. The van der Waals surface area contributed by atoms with E-state index in [4.69, 9.17) is 4.74 Å². The van der Waals surface area contributed by atoms with Gasteiger partial charge in [-0.2, -0.15) is 0 Å². The Balaban J connectivity index is 4.03. The Morgan fingerprint density at radius 2 is 1.93 bits per heavy atom. The van der Waals surface area contributed by atoms with Gasteiger partial charge in [0.05, 0.1) is 0 Å². The molecule has 80 valence electrons. The van der Waals surface area contributed by atoms with E-state index in [-0.39, 0.29) is 12.4 Å². The molecule has 0 saturated carbocycles. The van der Waals surface area contributed by atoms with Crippen molar-refractivity contribution in [2.75, 3.05) is 6.61 Å². The first kappa shape index (κ1) is 12.9. The Labute approximate surface area is 85.1 Å². The van der Waals surface area contributed by atoms with Crippen molar-refractivity contribution in [3.8, 4) is 0 Å². The molecular formula is C11H18O3. The number of carbonyl (C=O) groups is 2. The smallest absolute Gasteiger partial charge is 0.330 e. The lowest BCUT2D eigenvalue weighted by Gasteiger charge is -2.19.